The maximum absolute atomic E-state index is 12.0. The minimum Gasteiger partial charge on any atom is -0.349 e. The Morgan fingerprint density at radius 3 is 2.22 bits per heavy atom. The van der Waals surface area contributed by atoms with E-state index in [2.05, 4.69) is 17.4 Å². The molecule has 1 N–H and O–H groups in total. The van der Waals surface area contributed by atoms with E-state index in [-0.39, 0.29) is 5.91 Å². The molecule has 2 atom stereocenters. The second-order valence-electron chi connectivity index (χ2n) is 4.70. The van der Waals surface area contributed by atoms with E-state index in [4.69, 9.17) is 0 Å². The number of rotatable bonds is 3. The summed E-state index contributed by atoms with van der Waals surface area (Å²) in [6.45, 7) is 0. The molecular weight excluding hydrogens is 222 g/mol. The predicted molar refractivity (Wildman–Crippen MR) is 71.5 cm³/mol. The van der Waals surface area contributed by atoms with Gasteiger partial charge in [0, 0.05) is 17.5 Å². The third-order valence-corrected chi connectivity index (χ3v) is 3.37. The minimum atomic E-state index is 0.0269. The zero-order valence-electron chi connectivity index (χ0n) is 10.0. The third-order valence-electron chi connectivity index (χ3n) is 3.37. The molecule has 2 aromatic rings. The van der Waals surface area contributed by atoms with Crippen molar-refractivity contribution in [1.29, 1.82) is 0 Å². The van der Waals surface area contributed by atoms with Crippen LogP contribution in [0, 0.1) is 0 Å². The third kappa shape index (κ3) is 2.28. The van der Waals surface area contributed by atoms with E-state index in [0.717, 1.165) is 12.0 Å². The smallest absolute Gasteiger partial charge is 0.251 e. The molecule has 0 aromatic heterocycles. The number of carbonyl (C=O) groups is 1. The van der Waals surface area contributed by atoms with Crippen LogP contribution in [-0.4, -0.2) is 11.9 Å². The van der Waals surface area contributed by atoms with Crippen LogP contribution in [0.3, 0.4) is 0 Å². The first-order chi connectivity index (χ1) is 8.84. The fourth-order valence-corrected chi connectivity index (χ4v) is 2.26. The zero-order chi connectivity index (χ0) is 12.4. The van der Waals surface area contributed by atoms with Crippen LogP contribution >= 0.6 is 0 Å². The Hall–Kier alpha value is -2.09. The summed E-state index contributed by atoms with van der Waals surface area (Å²) in [6, 6.07) is 20.0. The number of nitrogens with one attached hydrogen (secondary N) is 1. The molecule has 1 fully saturated rings. The Bertz CT molecular complexity index is 536. The highest BCUT2D eigenvalue weighted by Gasteiger charge is 2.39. The summed E-state index contributed by atoms with van der Waals surface area (Å²) in [5.74, 6) is 0.512. The van der Waals surface area contributed by atoms with Gasteiger partial charge in [0.05, 0.1) is 0 Å². The molecule has 18 heavy (non-hydrogen) atoms. The predicted octanol–water partition coefficient (Wildman–Crippen LogP) is 2.97. The number of amides is 1. The van der Waals surface area contributed by atoms with Crippen molar-refractivity contribution in [2.45, 2.75) is 18.4 Å². The molecule has 1 aliphatic carbocycles. The molecule has 1 saturated carbocycles. The van der Waals surface area contributed by atoms with E-state index in [0.29, 0.717) is 12.0 Å². The Morgan fingerprint density at radius 2 is 1.56 bits per heavy atom. The molecule has 2 heteroatoms. The highest BCUT2D eigenvalue weighted by atomic mass is 16.1. The van der Waals surface area contributed by atoms with Gasteiger partial charge in [0.2, 0.25) is 0 Å². The number of hydrogen-bond donors (Lipinski definition) is 1. The lowest BCUT2D eigenvalue weighted by molar-refractivity contribution is 0.0950. The molecule has 1 amide bonds. The van der Waals surface area contributed by atoms with Crippen LogP contribution < -0.4 is 5.32 Å². The standard InChI is InChI=1S/C16H15NO/c18-16(13-9-5-2-6-10-13)17-15-11-14(15)12-7-3-1-4-8-12/h1-10,14-15H,11H2,(H,17,18)/t14-,15+/m1/s1. The van der Waals surface area contributed by atoms with E-state index >= 15 is 0 Å². The average Bonchev–Trinajstić information content (AvgIpc) is 3.20. The molecule has 2 nitrogen and oxygen atoms in total. The van der Waals surface area contributed by atoms with Gasteiger partial charge in [0.25, 0.3) is 5.91 Å². The number of carbonyl (C=O) groups excluding carboxylic acids is 1. The Balaban J connectivity index is 1.62. The normalized spacial score (nSPS) is 21.3. The molecular formula is C16H15NO. The van der Waals surface area contributed by atoms with E-state index in [1.807, 2.05) is 48.5 Å². The van der Waals surface area contributed by atoms with E-state index < -0.39 is 0 Å². The van der Waals surface area contributed by atoms with Gasteiger partial charge >= 0.3 is 0 Å². The van der Waals surface area contributed by atoms with Gasteiger partial charge in [0.15, 0.2) is 0 Å². The summed E-state index contributed by atoms with van der Waals surface area (Å²) in [5, 5.41) is 3.08. The molecule has 0 heterocycles. The van der Waals surface area contributed by atoms with E-state index in [9.17, 15) is 4.79 Å². The molecule has 0 radical (unpaired) electrons. The summed E-state index contributed by atoms with van der Waals surface area (Å²) in [7, 11) is 0. The summed E-state index contributed by atoms with van der Waals surface area (Å²) < 4.78 is 0. The van der Waals surface area contributed by atoms with E-state index in [1.165, 1.54) is 5.56 Å². The summed E-state index contributed by atoms with van der Waals surface area (Å²) >= 11 is 0. The van der Waals surface area contributed by atoms with Gasteiger partial charge in [-0.2, -0.15) is 0 Å². The van der Waals surface area contributed by atoms with Crippen LogP contribution in [0.2, 0.25) is 0 Å². The lowest BCUT2D eigenvalue weighted by Crippen LogP contribution is -2.26. The molecule has 0 saturated heterocycles. The second kappa shape index (κ2) is 4.65. The molecule has 3 rings (SSSR count). The Labute approximate surface area is 107 Å². The first-order valence-corrected chi connectivity index (χ1v) is 6.25. The largest absolute Gasteiger partial charge is 0.349 e. The maximum Gasteiger partial charge on any atom is 0.251 e. The topological polar surface area (TPSA) is 29.1 Å². The average molecular weight is 237 g/mol. The molecule has 2 aromatic carbocycles. The lowest BCUT2D eigenvalue weighted by Gasteiger charge is -2.04. The Morgan fingerprint density at radius 1 is 0.944 bits per heavy atom. The Kier molecular flexibility index (Phi) is 2.85. The van der Waals surface area contributed by atoms with Crippen molar-refractivity contribution in [3.63, 3.8) is 0 Å². The fraction of sp³-hybridized carbons (Fsp3) is 0.188. The van der Waals surface area contributed by atoms with Crippen LogP contribution in [0.1, 0.15) is 28.3 Å². The van der Waals surface area contributed by atoms with Gasteiger partial charge in [-0.15, -0.1) is 0 Å². The molecule has 0 spiro atoms. The molecule has 0 aliphatic heterocycles. The van der Waals surface area contributed by atoms with Crippen molar-refractivity contribution in [2.75, 3.05) is 0 Å². The quantitative estimate of drug-likeness (QED) is 0.873. The van der Waals surface area contributed by atoms with Crippen LogP contribution in [0.15, 0.2) is 60.7 Å². The minimum absolute atomic E-state index is 0.0269. The fourth-order valence-electron chi connectivity index (χ4n) is 2.26. The molecule has 0 bridgehead atoms. The van der Waals surface area contributed by atoms with Crippen molar-refractivity contribution in [1.82, 2.24) is 5.32 Å². The van der Waals surface area contributed by atoms with Crippen molar-refractivity contribution in [3.05, 3.63) is 71.8 Å². The SMILES string of the molecule is O=C(N[C@H]1C[C@@H]1c1ccccc1)c1ccccc1. The van der Waals surface area contributed by atoms with Crippen molar-refractivity contribution in [3.8, 4) is 0 Å². The van der Waals surface area contributed by atoms with Crippen LogP contribution in [-0.2, 0) is 0 Å². The molecule has 90 valence electrons. The highest BCUT2D eigenvalue weighted by molar-refractivity contribution is 5.94. The van der Waals surface area contributed by atoms with Crippen LogP contribution in [0.25, 0.3) is 0 Å². The van der Waals surface area contributed by atoms with Gasteiger partial charge in [0.1, 0.15) is 0 Å². The van der Waals surface area contributed by atoms with Gasteiger partial charge in [-0.05, 0) is 24.1 Å². The summed E-state index contributed by atoms with van der Waals surface area (Å²) in [4.78, 5) is 12.0. The van der Waals surface area contributed by atoms with Crippen molar-refractivity contribution >= 4 is 5.91 Å². The second-order valence-corrected chi connectivity index (χ2v) is 4.70. The number of benzene rings is 2. The van der Waals surface area contributed by atoms with Gasteiger partial charge in [-0.3, -0.25) is 4.79 Å². The maximum atomic E-state index is 12.0. The van der Waals surface area contributed by atoms with Gasteiger partial charge in [-0.1, -0.05) is 48.5 Å². The zero-order valence-corrected chi connectivity index (χ0v) is 10.0. The van der Waals surface area contributed by atoms with Crippen molar-refractivity contribution < 1.29 is 4.79 Å². The highest BCUT2D eigenvalue weighted by Crippen LogP contribution is 2.40. The summed E-state index contributed by atoms with van der Waals surface area (Å²) in [6.07, 6.45) is 1.04. The first kappa shape index (κ1) is 11.0. The summed E-state index contributed by atoms with van der Waals surface area (Å²) in [5.41, 5.74) is 2.05. The van der Waals surface area contributed by atoms with Crippen LogP contribution in [0.5, 0.6) is 0 Å². The molecule has 1 aliphatic rings. The van der Waals surface area contributed by atoms with Gasteiger partial charge < -0.3 is 5.32 Å². The van der Waals surface area contributed by atoms with Crippen molar-refractivity contribution in [2.24, 2.45) is 0 Å². The monoisotopic (exact) mass is 237 g/mol. The van der Waals surface area contributed by atoms with Gasteiger partial charge in [-0.25, -0.2) is 0 Å². The lowest BCUT2D eigenvalue weighted by atomic mass is 10.1. The first-order valence-electron chi connectivity index (χ1n) is 6.25. The number of hydrogen-bond acceptors (Lipinski definition) is 1. The van der Waals surface area contributed by atoms with E-state index in [1.54, 1.807) is 0 Å². The molecule has 0 unspecified atom stereocenters. The van der Waals surface area contributed by atoms with Crippen LogP contribution in [0.4, 0.5) is 0 Å².